The van der Waals surface area contributed by atoms with Crippen molar-refractivity contribution in [2.24, 2.45) is 11.7 Å². The first kappa shape index (κ1) is 14.4. The van der Waals surface area contributed by atoms with E-state index >= 15 is 0 Å². The van der Waals surface area contributed by atoms with Crippen LogP contribution in [0, 0.1) is 5.92 Å². The lowest BCUT2D eigenvalue weighted by Crippen LogP contribution is -2.18. The van der Waals surface area contributed by atoms with Crippen molar-refractivity contribution in [3.8, 4) is 0 Å². The van der Waals surface area contributed by atoms with Crippen LogP contribution >= 0.6 is 0 Å². The van der Waals surface area contributed by atoms with E-state index < -0.39 is 10.8 Å². The molecule has 2 atom stereocenters. The first-order chi connectivity index (χ1) is 8.02. The van der Waals surface area contributed by atoms with E-state index in [4.69, 9.17) is 5.73 Å². The molecule has 0 saturated heterocycles. The molecule has 0 aliphatic carbocycles. The molecule has 2 nitrogen and oxygen atoms in total. The molecule has 0 fully saturated rings. The second-order valence-electron chi connectivity index (χ2n) is 4.99. The number of hydrogen-bond donors (Lipinski definition) is 1. The number of rotatable bonds is 6. The van der Waals surface area contributed by atoms with Crippen molar-refractivity contribution in [2.45, 2.75) is 32.4 Å². The predicted octanol–water partition coefficient (Wildman–Crippen LogP) is 2.65. The Labute approximate surface area is 107 Å². The van der Waals surface area contributed by atoms with Gasteiger partial charge in [-0.15, -0.1) is 0 Å². The quantitative estimate of drug-likeness (QED) is 0.847. The molecule has 0 radical (unpaired) electrons. The Kier molecular flexibility index (Phi) is 5.86. The minimum atomic E-state index is -0.798. The van der Waals surface area contributed by atoms with Crippen LogP contribution in [0.3, 0.4) is 0 Å². The summed E-state index contributed by atoms with van der Waals surface area (Å²) < 4.78 is 11.9. The molecule has 0 heterocycles. The van der Waals surface area contributed by atoms with Crippen molar-refractivity contribution in [3.63, 3.8) is 0 Å². The lowest BCUT2D eigenvalue weighted by Gasteiger charge is -2.09. The van der Waals surface area contributed by atoms with Crippen LogP contribution in [-0.2, 0) is 16.6 Å². The van der Waals surface area contributed by atoms with E-state index in [0.717, 1.165) is 5.56 Å². The molecular weight excluding hydrogens is 230 g/mol. The second kappa shape index (κ2) is 6.92. The maximum atomic E-state index is 11.9. The van der Waals surface area contributed by atoms with Crippen LogP contribution in [0.2, 0.25) is 0 Å². The van der Waals surface area contributed by atoms with Crippen LogP contribution in [0.1, 0.15) is 37.8 Å². The molecule has 1 aromatic carbocycles. The SMILES string of the molecule is CC(CN)CS(=O)Cc1ccc(C(C)C)cc1. The average molecular weight is 253 g/mol. The van der Waals surface area contributed by atoms with Crippen LogP contribution in [0.25, 0.3) is 0 Å². The van der Waals surface area contributed by atoms with Gasteiger partial charge in [-0.1, -0.05) is 45.0 Å². The summed E-state index contributed by atoms with van der Waals surface area (Å²) in [5, 5.41) is 0. The fourth-order valence-electron chi connectivity index (χ4n) is 1.63. The number of benzene rings is 1. The van der Waals surface area contributed by atoms with Crippen LogP contribution in [-0.4, -0.2) is 16.5 Å². The Balaban J connectivity index is 2.54. The molecule has 96 valence electrons. The summed E-state index contributed by atoms with van der Waals surface area (Å²) in [5.74, 6) is 2.23. The molecular formula is C14H23NOS. The van der Waals surface area contributed by atoms with Gasteiger partial charge in [-0.05, 0) is 29.5 Å². The first-order valence-corrected chi connectivity index (χ1v) is 7.65. The molecule has 0 aliphatic rings. The summed E-state index contributed by atoms with van der Waals surface area (Å²) in [5.41, 5.74) is 8.01. The summed E-state index contributed by atoms with van der Waals surface area (Å²) in [6.07, 6.45) is 0. The third-order valence-corrected chi connectivity index (χ3v) is 4.44. The van der Waals surface area contributed by atoms with Crippen LogP contribution < -0.4 is 5.73 Å². The molecule has 17 heavy (non-hydrogen) atoms. The lowest BCUT2D eigenvalue weighted by molar-refractivity contribution is 0.640. The van der Waals surface area contributed by atoms with Crippen molar-refractivity contribution in [1.82, 2.24) is 0 Å². The Morgan fingerprint density at radius 1 is 1.18 bits per heavy atom. The van der Waals surface area contributed by atoms with E-state index in [1.165, 1.54) is 5.56 Å². The summed E-state index contributed by atoms with van der Waals surface area (Å²) >= 11 is 0. The minimum Gasteiger partial charge on any atom is -0.330 e. The zero-order valence-corrected chi connectivity index (χ0v) is 11.8. The van der Waals surface area contributed by atoms with E-state index in [0.29, 0.717) is 29.9 Å². The molecule has 2 unspecified atom stereocenters. The third kappa shape index (κ3) is 5.00. The van der Waals surface area contributed by atoms with Gasteiger partial charge in [-0.2, -0.15) is 0 Å². The zero-order valence-electron chi connectivity index (χ0n) is 11.0. The highest BCUT2D eigenvalue weighted by atomic mass is 32.2. The average Bonchev–Trinajstić information content (AvgIpc) is 2.29. The van der Waals surface area contributed by atoms with Gasteiger partial charge in [0.15, 0.2) is 0 Å². The molecule has 0 bridgehead atoms. The van der Waals surface area contributed by atoms with Gasteiger partial charge >= 0.3 is 0 Å². The highest BCUT2D eigenvalue weighted by Crippen LogP contribution is 2.15. The van der Waals surface area contributed by atoms with Crippen LogP contribution in [0.5, 0.6) is 0 Å². The molecule has 0 saturated carbocycles. The molecule has 1 rings (SSSR count). The van der Waals surface area contributed by atoms with Gasteiger partial charge < -0.3 is 5.73 Å². The summed E-state index contributed by atoms with van der Waals surface area (Å²) in [4.78, 5) is 0. The summed E-state index contributed by atoms with van der Waals surface area (Å²) in [7, 11) is -0.798. The molecule has 2 N–H and O–H groups in total. The van der Waals surface area contributed by atoms with Crippen molar-refractivity contribution in [3.05, 3.63) is 35.4 Å². The lowest BCUT2D eigenvalue weighted by atomic mass is 10.0. The Bertz CT molecular complexity index is 359. The van der Waals surface area contributed by atoms with Crippen LogP contribution in [0.15, 0.2) is 24.3 Å². The first-order valence-electron chi connectivity index (χ1n) is 6.16. The van der Waals surface area contributed by atoms with Gasteiger partial charge in [0, 0.05) is 22.3 Å². The van der Waals surface area contributed by atoms with Crippen molar-refractivity contribution in [1.29, 1.82) is 0 Å². The molecule has 3 heteroatoms. The van der Waals surface area contributed by atoms with E-state index in [-0.39, 0.29) is 0 Å². The Morgan fingerprint density at radius 3 is 2.24 bits per heavy atom. The standard InChI is InChI=1S/C14H23NOS/c1-11(2)14-6-4-13(5-7-14)10-17(16)9-12(3)8-15/h4-7,11-12H,8-10,15H2,1-3H3. The van der Waals surface area contributed by atoms with Crippen LogP contribution in [0.4, 0.5) is 0 Å². The van der Waals surface area contributed by atoms with Crippen molar-refractivity contribution in [2.75, 3.05) is 12.3 Å². The van der Waals surface area contributed by atoms with E-state index in [1.807, 2.05) is 6.92 Å². The maximum absolute atomic E-state index is 11.9. The molecule has 0 aliphatic heterocycles. The predicted molar refractivity (Wildman–Crippen MR) is 75.5 cm³/mol. The fraction of sp³-hybridized carbons (Fsp3) is 0.571. The largest absolute Gasteiger partial charge is 0.330 e. The normalized spacial score (nSPS) is 14.9. The molecule has 0 spiro atoms. The van der Waals surface area contributed by atoms with E-state index in [1.54, 1.807) is 0 Å². The second-order valence-corrected chi connectivity index (χ2v) is 6.49. The minimum absolute atomic E-state index is 0.339. The van der Waals surface area contributed by atoms with Crippen molar-refractivity contribution >= 4 is 10.8 Å². The topological polar surface area (TPSA) is 43.1 Å². The zero-order chi connectivity index (χ0) is 12.8. The third-order valence-electron chi connectivity index (χ3n) is 2.85. The smallest absolute Gasteiger partial charge is 0.0485 e. The number of hydrogen-bond acceptors (Lipinski definition) is 2. The van der Waals surface area contributed by atoms with Gasteiger partial charge in [-0.25, -0.2) is 0 Å². The highest BCUT2D eigenvalue weighted by Gasteiger charge is 2.07. The fourth-order valence-corrected chi connectivity index (χ4v) is 3.08. The monoisotopic (exact) mass is 253 g/mol. The molecule has 1 aromatic rings. The highest BCUT2D eigenvalue weighted by molar-refractivity contribution is 7.84. The van der Waals surface area contributed by atoms with Gasteiger partial charge in [0.1, 0.15) is 0 Å². The van der Waals surface area contributed by atoms with Gasteiger partial charge in [0.05, 0.1) is 0 Å². The summed E-state index contributed by atoms with van der Waals surface area (Å²) in [6, 6.07) is 8.42. The molecule has 0 amide bonds. The Morgan fingerprint density at radius 2 is 1.76 bits per heavy atom. The van der Waals surface area contributed by atoms with Crippen molar-refractivity contribution < 1.29 is 4.21 Å². The molecule has 0 aromatic heterocycles. The maximum Gasteiger partial charge on any atom is 0.0485 e. The number of nitrogens with two attached hydrogens (primary N) is 1. The van der Waals surface area contributed by atoms with E-state index in [9.17, 15) is 4.21 Å². The van der Waals surface area contributed by atoms with Gasteiger partial charge in [0.25, 0.3) is 0 Å². The van der Waals surface area contributed by atoms with Gasteiger partial charge in [0.2, 0.25) is 0 Å². The van der Waals surface area contributed by atoms with E-state index in [2.05, 4.69) is 38.1 Å². The summed E-state index contributed by atoms with van der Waals surface area (Å²) in [6.45, 7) is 7.00. The van der Waals surface area contributed by atoms with Gasteiger partial charge in [-0.3, -0.25) is 4.21 Å². The Hall–Kier alpha value is -0.670.